The van der Waals surface area contributed by atoms with Crippen LogP contribution in [0.2, 0.25) is 0 Å². The molecule has 4 N–H and O–H groups in total. The molecule has 0 radical (unpaired) electrons. The molecule has 0 saturated carbocycles. The normalized spacial score (nSPS) is 23.2. The van der Waals surface area contributed by atoms with Crippen LogP contribution in [-0.4, -0.2) is 30.4 Å². The molecule has 1 aliphatic rings. The summed E-state index contributed by atoms with van der Waals surface area (Å²) in [5.41, 5.74) is 11.6. The van der Waals surface area contributed by atoms with Crippen molar-refractivity contribution in [1.82, 2.24) is 4.90 Å². The van der Waals surface area contributed by atoms with Crippen LogP contribution in [0.5, 0.6) is 0 Å². The van der Waals surface area contributed by atoms with Crippen LogP contribution in [-0.2, 0) is 10.3 Å². The summed E-state index contributed by atoms with van der Waals surface area (Å²) in [6.07, 6.45) is 2.36. The molecule has 1 heterocycles. The van der Waals surface area contributed by atoms with Crippen LogP contribution in [0, 0.1) is 5.92 Å². The fourth-order valence-corrected chi connectivity index (χ4v) is 2.79. The second-order valence-corrected chi connectivity index (χ2v) is 5.50. The second kappa shape index (κ2) is 5.72. The highest BCUT2D eigenvalue weighted by atomic mass is 16.1. The largest absolute Gasteiger partial charge is 0.368 e. The Morgan fingerprint density at radius 1 is 1.42 bits per heavy atom. The van der Waals surface area contributed by atoms with E-state index in [1.54, 1.807) is 0 Å². The van der Waals surface area contributed by atoms with Gasteiger partial charge in [-0.3, -0.25) is 4.79 Å². The Balaban J connectivity index is 2.15. The van der Waals surface area contributed by atoms with Gasteiger partial charge in [0, 0.05) is 13.1 Å². The van der Waals surface area contributed by atoms with Gasteiger partial charge in [-0.05, 0) is 24.4 Å². The summed E-state index contributed by atoms with van der Waals surface area (Å²) in [7, 11) is 0. The van der Waals surface area contributed by atoms with Gasteiger partial charge in [0.2, 0.25) is 5.91 Å². The van der Waals surface area contributed by atoms with Gasteiger partial charge < -0.3 is 16.4 Å². The SMILES string of the molecule is CCC1CCN(CC(N)(C(N)=O)c2ccccc2)C1. The van der Waals surface area contributed by atoms with Crippen LogP contribution in [0.1, 0.15) is 25.3 Å². The number of primary amides is 1. The van der Waals surface area contributed by atoms with E-state index in [2.05, 4.69) is 11.8 Å². The smallest absolute Gasteiger partial charge is 0.243 e. The van der Waals surface area contributed by atoms with Gasteiger partial charge in [0.25, 0.3) is 0 Å². The van der Waals surface area contributed by atoms with Crippen LogP contribution in [0.4, 0.5) is 0 Å². The number of rotatable bonds is 5. The minimum atomic E-state index is -1.09. The first-order valence-corrected chi connectivity index (χ1v) is 6.93. The molecule has 0 aliphatic carbocycles. The molecule has 1 amide bonds. The van der Waals surface area contributed by atoms with Gasteiger partial charge in [-0.15, -0.1) is 0 Å². The number of amides is 1. The average molecular weight is 261 g/mol. The Hall–Kier alpha value is -1.39. The highest BCUT2D eigenvalue weighted by molar-refractivity contribution is 5.86. The Morgan fingerprint density at radius 3 is 2.63 bits per heavy atom. The quantitative estimate of drug-likeness (QED) is 0.832. The lowest BCUT2D eigenvalue weighted by atomic mass is 9.89. The van der Waals surface area contributed by atoms with Crippen LogP contribution in [0.25, 0.3) is 0 Å². The van der Waals surface area contributed by atoms with Crippen molar-refractivity contribution < 1.29 is 4.79 Å². The van der Waals surface area contributed by atoms with Crippen molar-refractivity contribution in [3.05, 3.63) is 35.9 Å². The molecule has 1 fully saturated rings. The first kappa shape index (κ1) is 14.0. The average Bonchev–Trinajstić information content (AvgIpc) is 2.87. The Bertz CT molecular complexity index is 434. The zero-order chi connectivity index (χ0) is 13.9. The summed E-state index contributed by atoms with van der Waals surface area (Å²) < 4.78 is 0. The third-order valence-electron chi connectivity index (χ3n) is 4.15. The molecular weight excluding hydrogens is 238 g/mol. The van der Waals surface area contributed by atoms with E-state index in [1.165, 1.54) is 12.8 Å². The Kier molecular flexibility index (Phi) is 4.22. The summed E-state index contributed by atoms with van der Waals surface area (Å²) in [4.78, 5) is 14.1. The van der Waals surface area contributed by atoms with Gasteiger partial charge in [0.15, 0.2) is 0 Å². The van der Waals surface area contributed by atoms with Gasteiger partial charge >= 0.3 is 0 Å². The third-order valence-corrected chi connectivity index (χ3v) is 4.15. The van der Waals surface area contributed by atoms with Crippen LogP contribution in [0.15, 0.2) is 30.3 Å². The number of likely N-dealkylation sites (tertiary alicyclic amines) is 1. The first-order valence-electron chi connectivity index (χ1n) is 6.93. The monoisotopic (exact) mass is 261 g/mol. The molecule has 0 bridgehead atoms. The van der Waals surface area contributed by atoms with E-state index in [-0.39, 0.29) is 0 Å². The number of hydrogen-bond acceptors (Lipinski definition) is 3. The van der Waals surface area contributed by atoms with Gasteiger partial charge in [-0.1, -0.05) is 43.7 Å². The highest BCUT2D eigenvalue weighted by Crippen LogP contribution is 2.25. The molecule has 4 heteroatoms. The van der Waals surface area contributed by atoms with E-state index in [9.17, 15) is 4.79 Å². The number of benzene rings is 1. The zero-order valence-corrected chi connectivity index (χ0v) is 11.5. The molecule has 4 nitrogen and oxygen atoms in total. The van der Waals surface area contributed by atoms with Crippen molar-refractivity contribution in [1.29, 1.82) is 0 Å². The van der Waals surface area contributed by atoms with Crippen molar-refractivity contribution in [3.63, 3.8) is 0 Å². The van der Waals surface area contributed by atoms with E-state index in [0.717, 1.165) is 18.7 Å². The molecule has 1 saturated heterocycles. The first-order chi connectivity index (χ1) is 9.06. The summed E-state index contributed by atoms with van der Waals surface area (Å²) in [5.74, 6) is 0.256. The van der Waals surface area contributed by atoms with Gasteiger partial charge in [0.05, 0.1) is 0 Å². The molecule has 0 aromatic heterocycles. The maximum absolute atomic E-state index is 11.8. The third kappa shape index (κ3) is 2.96. The second-order valence-electron chi connectivity index (χ2n) is 5.50. The highest BCUT2D eigenvalue weighted by Gasteiger charge is 2.37. The molecule has 2 rings (SSSR count). The van der Waals surface area contributed by atoms with Crippen molar-refractivity contribution in [2.45, 2.75) is 25.3 Å². The minimum Gasteiger partial charge on any atom is -0.368 e. The van der Waals surface area contributed by atoms with Crippen LogP contribution in [0.3, 0.4) is 0 Å². The molecule has 1 aromatic carbocycles. The van der Waals surface area contributed by atoms with Gasteiger partial charge in [-0.25, -0.2) is 0 Å². The number of carbonyl (C=O) groups is 1. The molecule has 104 valence electrons. The molecule has 1 aromatic rings. The Labute approximate surface area is 114 Å². The lowest BCUT2D eigenvalue weighted by Crippen LogP contribution is -2.56. The number of hydrogen-bond donors (Lipinski definition) is 2. The summed E-state index contributed by atoms with van der Waals surface area (Å²) in [5, 5.41) is 0. The lowest BCUT2D eigenvalue weighted by Gasteiger charge is -2.31. The maximum Gasteiger partial charge on any atom is 0.243 e. The van der Waals surface area contributed by atoms with Crippen molar-refractivity contribution in [2.75, 3.05) is 19.6 Å². The number of carbonyl (C=O) groups excluding carboxylic acids is 1. The summed E-state index contributed by atoms with van der Waals surface area (Å²) in [6, 6.07) is 9.43. The number of nitrogens with zero attached hydrogens (tertiary/aromatic N) is 1. The molecule has 19 heavy (non-hydrogen) atoms. The fraction of sp³-hybridized carbons (Fsp3) is 0.533. The zero-order valence-electron chi connectivity index (χ0n) is 11.5. The van der Waals surface area contributed by atoms with E-state index < -0.39 is 11.4 Å². The van der Waals surface area contributed by atoms with Crippen LogP contribution < -0.4 is 11.5 Å². The van der Waals surface area contributed by atoms with Crippen molar-refractivity contribution >= 4 is 5.91 Å². The lowest BCUT2D eigenvalue weighted by molar-refractivity contribution is -0.124. The maximum atomic E-state index is 11.8. The van der Waals surface area contributed by atoms with E-state index in [1.807, 2.05) is 30.3 Å². The molecule has 0 spiro atoms. The van der Waals surface area contributed by atoms with Crippen LogP contribution >= 0.6 is 0 Å². The topological polar surface area (TPSA) is 72.3 Å². The Morgan fingerprint density at radius 2 is 2.11 bits per heavy atom. The van der Waals surface area contributed by atoms with Gasteiger partial charge in [0.1, 0.15) is 5.54 Å². The van der Waals surface area contributed by atoms with E-state index in [0.29, 0.717) is 12.5 Å². The van der Waals surface area contributed by atoms with Crippen molar-refractivity contribution in [3.8, 4) is 0 Å². The molecule has 2 unspecified atom stereocenters. The molecule has 1 aliphatic heterocycles. The van der Waals surface area contributed by atoms with E-state index in [4.69, 9.17) is 11.5 Å². The standard InChI is InChI=1S/C15H23N3O/c1-2-12-8-9-18(10-12)11-15(17,14(16)19)13-6-4-3-5-7-13/h3-7,12H,2,8-11,17H2,1H3,(H2,16,19). The molecule has 2 atom stereocenters. The van der Waals surface area contributed by atoms with E-state index >= 15 is 0 Å². The minimum absolute atomic E-state index is 0.460. The predicted octanol–water partition coefficient (Wildman–Crippen LogP) is 1.06. The summed E-state index contributed by atoms with van der Waals surface area (Å²) >= 11 is 0. The number of nitrogens with two attached hydrogens (primary N) is 2. The van der Waals surface area contributed by atoms with Crippen molar-refractivity contribution in [2.24, 2.45) is 17.4 Å². The fourth-order valence-electron chi connectivity index (χ4n) is 2.79. The predicted molar refractivity (Wildman–Crippen MR) is 76.3 cm³/mol. The molecular formula is C15H23N3O. The summed E-state index contributed by atoms with van der Waals surface area (Å²) in [6.45, 7) is 4.71. The van der Waals surface area contributed by atoms with Gasteiger partial charge in [-0.2, -0.15) is 0 Å².